The molecule has 0 bridgehead atoms. The smallest absolute Gasteiger partial charge is 0.172 e. The van der Waals surface area contributed by atoms with E-state index in [1.54, 1.807) is 0 Å². The summed E-state index contributed by atoms with van der Waals surface area (Å²) in [5.41, 5.74) is 8.27. The Morgan fingerprint density at radius 3 is 2.71 bits per heavy atom. The first-order chi connectivity index (χ1) is 10.0. The zero-order chi connectivity index (χ0) is 15.4. The van der Waals surface area contributed by atoms with E-state index in [9.17, 15) is 0 Å². The van der Waals surface area contributed by atoms with Crippen molar-refractivity contribution in [2.24, 2.45) is 10.9 Å². The Kier molecular flexibility index (Phi) is 5.09. The van der Waals surface area contributed by atoms with Crippen molar-refractivity contribution in [3.8, 4) is 0 Å². The lowest BCUT2D eigenvalue weighted by atomic mass is 10.1. The Morgan fingerprint density at radius 1 is 1.33 bits per heavy atom. The number of hydrogen-bond acceptors (Lipinski definition) is 3. The number of hydrogen-bond donors (Lipinski definition) is 2. The third-order valence-corrected chi connectivity index (χ3v) is 3.98. The third kappa shape index (κ3) is 3.68. The molecule has 3 N–H and O–H groups in total. The highest BCUT2D eigenvalue weighted by molar-refractivity contribution is 9.10. The monoisotopic (exact) mass is 367 g/mol. The Bertz CT molecular complexity index is 676. The Hall–Kier alpha value is -1.72. The predicted molar refractivity (Wildman–Crippen MR) is 90.2 cm³/mol. The van der Waals surface area contributed by atoms with E-state index in [1.807, 2.05) is 54.4 Å². The maximum absolute atomic E-state index is 8.93. The van der Waals surface area contributed by atoms with Gasteiger partial charge in [0, 0.05) is 34.3 Å². The summed E-state index contributed by atoms with van der Waals surface area (Å²) >= 11 is 9.58. The molecule has 6 heteroatoms. The van der Waals surface area contributed by atoms with Crippen LogP contribution in [0.2, 0.25) is 5.02 Å². The van der Waals surface area contributed by atoms with Crippen LogP contribution in [-0.4, -0.2) is 18.1 Å². The summed E-state index contributed by atoms with van der Waals surface area (Å²) in [5.74, 6) is 0.0670. The zero-order valence-electron chi connectivity index (χ0n) is 11.4. The Morgan fingerprint density at radius 2 is 2.05 bits per heavy atom. The average molecular weight is 369 g/mol. The topological polar surface area (TPSA) is 61.8 Å². The fourth-order valence-corrected chi connectivity index (χ4v) is 2.62. The summed E-state index contributed by atoms with van der Waals surface area (Å²) in [6.07, 6.45) is 0. The average Bonchev–Trinajstić information content (AvgIpc) is 2.48. The van der Waals surface area contributed by atoms with Gasteiger partial charge in [-0.25, -0.2) is 0 Å². The van der Waals surface area contributed by atoms with Crippen LogP contribution in [-0.2, 0) is 6.54 Å². The van der Waals surface area contributed by atoms with Gasteiger partial charge in [0.25, 0.3) is 0 Å². The van der Waals surface area contributed by atoms with Crippen molar-refractivity contribution in [1.29, 1.82) is 0 Å². The van der Waals surface area contributed by atoms with Gasteiger partial charge >= 0.3 is 0 Å². The van der Waals surface area contributed by atoms with E-state index in [1.165, 1.54) is 0 Å². The van der Waals surface area contributed by atoms with Gasteiger partial charge in [-0.3, -0.25) is 0 Å². The van der Waals surface area contributed by atoms with E-state index < -0.39 is 0 Å². The van der Waals surface area contributed by atoms with Crippen molar-refractivity contribution in [3.63, 3.8) is 0 Å². The molecule has 0 aliphatic carbocycles. The van der Waals surface area contributed by atoms with E-state index in [-0.39, 0.29) is 5.84 Å². The molecule has 0 fully saturated rings. The van der Waals surface area contributed by atoms with E-state index >= 15 is 0 Å². The second-order valence-electron chi connectivity index (χ2n) is 4.59. The molecule has 2 aromatic rings. The highest BCUT2D eigenvalue weighted by Gasteiger charge is 2.13. The first-order valence-corrected chi connectivity index (χ1v) is 7.42. The zero-order valence-corrected chi connectivity index (χ0v) is 13.8. The second-order valence-corrected chi connectivity index (χ2v) is 5.92. The molecular formula is C15H15BrClN3O. The predicted octanol–water partition coefficient (Wildman–Crippen LogP) is 3.83. The van der Waals surface area contributed by atoms with Gasteiger partial charge < -0.3 is 15.8 Å². The molecule has 4 nitrogen and oxygen atoms in total. The van der Waals surface area contributed by atoms with Crippen LogP contribution >= 0.6 is 27.5 Å². The number of rotatable bonds is 4. The lowest BCUT2D eigenvalue weighted by molar-refractivity contribution is 0.318. The first-order valence-electron chi connectivity index (χ1n) is 6.25. The number of halogens is 2. The fraction of sp³-hybridized carbons (Fsp3) is 0.133. The van der Waals surface area contributed by atoms with Gasteiger partial charge in [-0.15, -0.1) is 0 Å². The normalized spacial score (nSPS) is 11.5. The van der Waals surface area contributed by atoms with Gasteiger partial charge in [-0.1, -0.05) is 50.9 Å². The molecule has 0 aliphatic heterocycles. The van der Waals surface area contributed by atoms with Crippen LogP contribution in [0.5, 0.6) is 0 Å². The molecule has 0 spiro atoms. The van der Waals surface area contributed by atoms with Crippen LogP contribution in [0.4, 0.5) is 5.69 Å². The minimum Gasteiger partial charge on any atom is -0.409 e. The molecule has 2 rings (SSSR count). The van der Waals surface area contributed by atoms with Gasteiger partial charge in [-0.2, -0.15) is 0 Å². The van der Waals surface area contributed by atoms with Gasteiger partial charge in [-0.05, 0) is 29.8 Å². The van der Waals surface area contributed by atoms with Crippen molar-refractivity contribution in [3.05, 3.63) is 63.1 Å². The van der Waals surface area contributed by atoms with E-state index in [0.717, 1.165) is 15.7 Å². The van der Waals surface area contributed by atoms with Gasteiger partial charge in [0.15, 0.2) is 5.84 Å². The fourth-order valence-electron chi connectivity index (χ4n) is 2.07. The minimum atomic E-state index is 0.0670. The molecular weight excluding hydrogens is 354 g/mol. The van der Waals surface area contributed by atoms with E-state index in [4.69, 9.17) is 22.5 Å². The van der Waals surface area contributed by atoms with E-state index in [0.29, 0.717) is 17.1 Å². The van der Waals surface area contributed by atoms with Gasteiger partial charge in [0.1, 0.15) is 0 Å². The van der Waals surface area contributed by atoms with Crippen molar-refractivity contribution in [2.75, 3.05) is 11.9 Å². The molecule has 0 saturated carbocycles. The van der Waals surface area contributed by atoms with Crippen LogP contribution in [0.3, 0.4) is 0 Å². The maximum Gasteiger partial charge on any atom is 0.172 e. The summed E-state index contributed by atoms with van der Waals surface area (Å²) in [7, 11) is 1.93. The lowest BCUT2D eigenvalue weighted by Crippen LogP contribution is -2.22. The molecule has 21 heavy (non-hydrogen) atoms. The molecule has 0 aromatic heterocycles. The van der Waals surface area contributed by atoms with Crippen molar-refractivity contribution in [2.45, 2.75) is 6.54 Å². The molecule has 0 heterocycles. The Balaban J connectivity index is 2.35. The lowest BCUT2D eigenvalue weighted by Gasteiger charge is -2.23. The van der Waals surface area contributed by atoms with Gasteiger partial charge in [0.2, 0.25) is 0 Å². The molecule has 0 aliphatic rings. The highest BCUT2D eigenvalue weighted by atomic mass is 79.9. The summed E-state index contributed by atoms with van der Waals surface area (Å²) in [5, 5.41) is 12.7. The van der Waals surface area contributed by atoms with Crippen molar-refractivity contribution in [1.82, 2.24) is 0 Å². The van der Waals surface area contributed by atoms with Crippen LogP contribution in [0.15, 0.2) is 52.1 Å². The number of nitrogens with two attached hydrogens (primary N) is 1. The molecule has 0 unspecified atom stereocenters. The van der Waals surface area contributed by atoms with Crippen LogP contribution in [0, 0.1) is 0 Å². The number of amidine groups is 1. The second kappa shape index (κ2) is 6.83. The minimum absolute atomic E-state index is 0.0670. The third-order valence-electron chi connectivity index (χ3n) is 3.12. The van der Waals surface area contributed by atoms with Gasteiger partial charge in [0.05, 0.1) is 0 Å². The van der Waals surface area contributed by atoms with Crippen LogP contribution < -0.4 is 10.6 Å². The summed E-state index contributed by atoms with van der Waals surface area (Å²) in [6, 6.07) is 13.3. The first kappa shape index (κ1) is 15.7. The Labute approximate surface area is 136 Å². The highest BCUT2D eigenvalue weighted by Crippen LogP contribution is 2.26. The standard InChI is InChI=1S/C15H15BrClN3O/c1-20(9-10-4-2-3-5-13(10)17)14-7-6-11(16)8-12(14)15(18)19-21/h2-8,21H,9H2,1H3,(H2,18,19). The molecule has 0 saturated heterocycles. The largest absolute Gasteiger partial charge is 0.409 e. The number of benzene rings is 2. The number of nitrogens with zero attached hydrogens (tertiary/aromatic N) is 2. The van der Waals surface area contributed by atoms with E-state index in [2.05, 4.69) is 21.1 Å². The molecule has 2 aromatic carbocycles. The number of oxime groups is 1. The molecule has 0 atom stereocenters. The summed E-state index contributed by atoms with van der Waals surface area (Å²) in [6.45, 7) is 0.618. The molecule has 110 valence electrons. The summed E-state index contributed by atoms with van der Waals surface area (Å²) in [4.78, 5) is 2.00. The van der Waals surface area contributed by atoms with Crippen molar-refractivity contribution < 1.29 is 5.21 Å². The van der Waals surface area contributed by atoms with Crippen molar-refractivity contribution >= 4 is 39.1 Å². The molecule has 0 radical (unpaired) electrons. The summed E-state index contributed by atoms with van der Waals surface area (Å²) < 4.78 is 0.860. The molecule has 0 amide bonds. The number of anilines is 1. The maximum atomic E-state index is 8.93. The quantitative estimate of drug-likeness (QED) is 0.373. The van der Waals surface area contributed by atoms with Crippen LogP contribution in [0.1, 0.15) is 11.1 Å². The van der Waals surface area contributed by atoms with Crippen LogP contribution in [0.25, 0.3) is 0 Å². The SMILES string of the molecule is CN(Cc1ccccc1Cl)c1ccc(Br)cc1/C(N)=N/O.